The van der Waals surface area contributed by atoms with Crippen LogP contribution in [0.5, 0.6) is 11.5 Å². The zero-order chi connectivity index (χ0) is 33.8. The number of hydrogen-bond donors (Lipinski definition) is 0. The average molecular weight is 661 g/mol. The Kier molecular flexibility index (Phi) is 8.05. The minimum Gasteiger partial charge on any atom is -0.493 e. The van der Waals surface area contributed by atoms with Gasteiger partial charge >= 0.3 is 12.1 Å². The van der Waals surface area contributed by atoms with Crippen LogP contribution in [0.25, 0.3) is 6.08 Å². The lowest BCUT2D eigenvalue weighted by molar-refractivity contribution is -0.223. The first-order valence-electron chi connectivity index (χ1n) is 16.5. The molecule has 2 fully saturated rings. The zero-order valence-electron chi connectivity index (χ0n) is 27.3. The molecule has 2 aliphatic heterocycles. The minimum absolute atomic E-state index is 0.0976. The van der Waals surface area contributed by atoms with E-state index in [9.17, 15) is 22.8 Å². The summed E-state index contributed by atoms with van der Waals surface area (Å²) in [7, 11) is 3.31. The largest absolute Gasteiger partial charge is 0.493 e. The van der Waals surface area contributed by atoms with Gasteiger partial charge < -0.3 is 19.1 Å². The van der Waals surface area contributed by atoms with E-state index in [0.717, 1.165) is 42.8 Å². The van der Waals surface area contributed by atoms with E-state index in [4.69, 9.17) is 14.2 Å². The number of carbonyl (C=O) groups excluding carboxylic acids is 2. The maximum absolute atomic E-state index is 13.7. The standard InChI is InChI=1S/C38H39F3N2O5/c1-24(44)48-37-18-16-29(42(2)32(45)15-12-26-10-7-11-28(22-26)38(39,40)41)35-36(37)19-21-43(20-17-25-8-5-4-6-9-25)31(37)23-27-13-14-30(46-3)34(47-35)33(27)36/h4-15,22,29,31,35H,16-21,23H2,1-3H3/t29-,31-,35+,36+,37-/m1/s1. The molecule has 4 aliphatic rings. The van der Waals surface area contributed by atoms with Crippen molar-refractivity contribution in [1.29, 1.82) is 0 Å². The number of benzene rings is 3. The normalized spacial score (nSPS) is 27.2. The highest BCUT2D eigenvalue weighted by atomic mass is 19.4. The van der Waals surface area contributed by atoms with E-state index in [0.29, 0.717) is 37.2 Å². The molecule has 7 rings (SSSR count). The number of hydrogen-bond acceptors (Lipinski definition) is 6. The van der Waals surface area contributed by atoms with Gasteiger partial charge in [0.15, 0.2) is 11.5 Å². The Hall–Kier alpha value is -4.31. The van der Waals surface area contributed by atoms with E-state index >= 15 is 0 Å². The molecule has 48 heavy (non-hydrogen) atoms. The molecule has 1 spiro atoms. The second-order valence-corrected chi connectivity index (χ2v) is 13.4. The molecule has 0 radical (unpaired) electrons. The van der Waals surface area contributed by atoms with Crippen molar-refractivity contribution in [2.24, 2.45) is 0 Å². The Balaban J connectivity index is 1.25. The predicted octanol–water partition coefficient (Wildman–Crippen LogP) is 6.22. The van der Waals surface area contributed by atoms with Gasteiger partial charge in [-0.15, -0.1) is 0 Å². The molecule has 252 valence electrons. The molecule has 3 aromatic rings. The van der Waals surface area contributed by atoms with Gasteiger partial charge in [-0.1, -0.05) is 48.5 Å². The summed E-state index contributed by atoms with van der Waals surface area (Å²) in [5, 5.41) is 0. The van der Waals surface area contributed by atoms with Crippen LogP contribution < -0.4 is 9.47 Å². The van der Waals surface area contributed by atoms with Crippen molar-refractivity contribution in [3.8, 4) is 11.5 Å². The third-order valence-corrected chi connectivity index (χ3v) is 11.0. The summed E-state index contributed by atoms with van der Waals surface area (Å²) in [6.07, 6.45) is 0.932. The molecule has 1 saturated carbocycles. The molecular weight excluding hydrogens is 621 g/mol. The molecule has 7 nitrogen and oxygen atoms in total. The monoisotopic (exact) mass is 660 g/mol. The molecule has 3 aromatic carbocycles. The lowest BCUT2D eigenvalue weighted by Crippen LogP contribution is -2.79. The summed E-state index contributed by atoms with van der Waals surface area (Å²) >= 11 is 0. The third kappa shape index (κ3) is 5.07. The number of rotatable bonds is 8. The van der Waals surface area contributed by atoms with Crippen molar-refractivity contribution in [2.45, 2.75) is 74.4 Å². The van der Waals surface area contributed by atoms with Crippen molar-refractivity contribution in [2.75, 3.05) is 27.2 Å². The molecule has 0 aromatic heterocycles. The topological polar surface area (TPSA) is 68.3 Å². The first-order valence-corrected chi connectivity index (χ1v) is 16.5. The lowest BCUT2D eigenvalue weighted by atomic mass is 9.48. The van der Waals surface area contributed by atoms with Crippen molar-refractivity contribution >= 4 is 18.0 Å². The van der Waals surface area contributed by atoms with Gasteiger partial charge in [0.2, 0.25) is 5.91 Å². The van der Waals surface area contributed by atoms with Gasteiger partial charge in [0.05, 0.1) is 30.2 Å². The Morgan fingerprint density at radius 1 is 1.08 bits per heavy atom. The third-order valence-electron chi connectivity index (χ3n) is 11.0. The van der Waals surface area contributed by atoms with E-state index in [-0.39, 0.29) is 23.5 Å². The highest BCUT2D eigenvalue weighted by Crippen LogP contribution is 2.67. The quantitative estimate of drug-likeness (QED) is 0.211. The number of likely N-dealkylation sites (N-methyl/N-ethyl adjacent to an activating group) is 1. The summed E-state index contributed by atoms with van der Waals surface area (Å²) in [6.45, 7) is 3.03. The highest BCUT2D eigenvalue weighted by Gasteiger charge is 2.75. The van der Waals surface area contributed by atoms with Crippen molar-refractivity contribution in [3.05, 3.63) is 101 Å². The average Bonchev–Trinajstić information content (AvgIpc) is 3.42. The second kappa shape index (κ2) is 12.0. The van der Waals surface area contributed by atoms with Gasteiger partial charge in [0, 0.05) is 32.2 Å². The number of nitrogens with zero attached hydrogens (tertiary/aromatic N) is 2. The van der Waals surface area contributed by atoms with Crippen LogP contribution in [-0.4, -0.2) is 72.7 Å². The van der Waals surface area contributed by atoms with Gasteiger partial charge in [-0.2, -0.15) is 13.2 Å². The fourth-order valence-corrected chi connectivity index (χ4v) is 9.04. The van der Waals surface area contributed by atoms with Crippen molar-refractivity contribution < 1.29 is 37.0 Å². The van der Waals surface area contributed by atoms with E-state index in [1.807, 2.05) is 24.3 Å². The second-order valence-electron chi connectivity index (χ2n) is 13.4. The van der Waals surface area contributed by atoms with Gasteiger partial charge in [0.1, 0.15) is 11.7 Å². The van der Waals surface area contributed by atoms with E-state index in [1.165, 1.54) is 36.8 Å². The van der Waals surface area contributed by atoms with Crippen molar-refractivity contribution in [3.63, 3.8) is 0 Å². The van der Waals surface area contributed by atoms with E-state index in [2.05, 4.69) is 23.1 Å². The van der Waals surface area contributed by atoms with E-state index in [1.54, 1.807) is 19.1 Å². The number of carbonyl (C=O) groups is 2. The van der Waals surface area contributed by atoms with Crippen LogP contribution in [0.2, 0.25) is 0 Å². The summed E-state index contributed by atoms with van der Waals surface area (Å²) in [4.78, 5) is 30.8. The maximum Gasteiger partial charge on any atom is 0.416 e. The lowest BCUT2D eigenvalue weighted by Gasteiger charge is -2.65. The van der Waals surface area contributed by atoms with Crippen molar-refractivity contribution in [1.82, 2.24) is 9.80 Å². The summed E-state index contributed by atoms with van der Waals surface area (Å²) in [6, 6.07) is 18.8. The number of ether oxygens (including phenoxy) is 3. The number of methoxy groups -OCH3 is 1. The number of likely N-dealkylation sites (tertiary alicyclic amines) is 1. The molecular formula is C38H39F3N2O5. The van der Waals surface area contributed by atoms with Gasteiger partial charge in [-0.3, -0.25) is 14.5 Å². The number of alkyl halides is 3. The molecule has 2 bridgehead atoms. The fraction of sp³-hybridized carbons (Fsp3) is 0.421. The van der Waals surface area contributed by atoms with Gasteiger partial charge in [0.25, 0.3) is 0 Å². The molecule has 1 amide bonds. The van der Waals surface area contributed by atoms with Crippen LogP contribution >= 0.6 is 0 Å². The number of esters is 1. The number of piperidine rings is 1. The zero-order valence-corrected chi connectivity index (χ0v) is 27.3. The Morgan fingerprint density at radius 2 is 1.88 bits per heavy atom. The first-order chi connectivity index (χ1) is 23.0. The molecule has 5 atom stereocenters. The SMILES string of the molecule is COc1ccc2c3c1O[C@H]1[C@H](N(C)C(=O)C=Cc4cccc(C(F)(F)F)c4)CC[C@@]4(OC(C)=O)[C@@H](C2)N(CCc2ccccc2)CC[C@]314. The van der Waals surface area contributed by atoms with E-state index < -0.39 is 34.9 Å². The van der Waals surface area contributed by atoms with Crippen LogP contribution in [0, 0.1) is 0 Å². The smallest absolute Gasteiger partial charge is 0.416 e. The Bertz CT molecular complexity index is 1760. The highest BCUT2D eigenvalue weighted by molar-refractivity contribution is 5.92. The first kappa shape index (κ1) is 32.2. The number of amides is 1. The Morgan fingerprint density at radius 3 is 2.60 bits per heavy atom. The summed E-state index contributed by atoms with van der Waals surface area (Å²) in [5.41, 5.74) is 1.26. The van der Waals surface area contributed by atoms with Crippen LogP contribution in [-0.2, 0) is 38.8 Å². The maximum atomic E-state index is 13.7. The fourth-order valence-electron chi connectivity index (χ4n) is 9.04. The molecule has 10 heteroatoms. The Labute approximate surface area is 278 Å². The molecule has 2 heterocycles. The van der Waals surface area contributed by atoms with Crippen LogP contribution in [0.1, 0.15) is 54.0 Å². The molecule has 0 unspecified atom stereocenters. The van der Waals surface area contributed by atoms with Crippen LogP contribution in [0.3, 0.4) is 0 Å². The minimum atomic E-state index is -4.48. The van der Waals surface area contributed by atoms with Crippen LogP contribution in [0.15, 0.2) is 72.8 Å². The number of halogens is 3. The molecule has 0 N–H and O–H groups in total. The summed E-state index contributed by atoms with van der Waals surface area (Å²) < 4.78 is 59.1. The van der Waals surface area contributed by atoms with Gasteiger partial charge in [-0.05, 0) is 79.6 Å². The van der Waals surface area contributed by atoms with Crippen LogP contribution in [0.4, 0.5) is 13.2 Å². The van der Waals surface area contributed by atoms with Gasteiger partial charge in [-0.25, -0.2) is 0 Å². The predicted molar refractivity (Wildman–Crippen MR) is 174 cm³/mol. The summed E-state index contributed by atoms with van der Waals surface area (Å²) in [5.74, 6) is 0.527. The molecule has 1 saturated heterocycles. The molecule has 2 aliphatic carbocycles.